The number of likely N-dealkylation sites (tertiary alicyclic amines) is 1. The van der Waals surface area contributed by atoms with Crippen molar-refractivity contribution in [1.29, 1.82) is 0 Å². The molecule has 1 heterocycles. The van der Waals surface area contributed by atoms with Crippen LogP contribution in [0.15, 0.2) is 29.2 Å². The first-order valence-electron chi connectivity index (χ1n) is 11.5. The van der Waals surface area contributed by atoms with Gasteiger partial charge in [-0.1, -0.05) is 31.5 Å². The Morgan fingerprint density at radius 1 is 1.18 bits per heavy atom. The second-order valence-corrected chi connectivity index (χ2v) is 11.7. The molecule has 0 saturated carbocycles. The largest absolute Gasteiger partial charge is 0.444 e. The molecule has 0 spiro atoms. The number of piperidine rings is 1. The van der Waals surface area contributed by atoms with Gasteiger partial charge >= 0.3 is 6.09 Å². The quantitative estimate of drug-likeness (QED) is 0.564. The monoisotopic (exact) mass is 482 g/mol. The van der Waals surface area contributed by atoms with E-state index in [-0.39, 0.29) is 29.2 Å². The molecule has 1 N–H and O–H groups in total. The van der Waals surface area contributed by atoms with Crippen molar-refractivity contribution >= 4 is 22.1 Å². The molecule has 1 fully saturated rings. The zero-order valence-corrected chi connectivity index (χ0v) is 21.4. The van der Waals surface area contributed by atoms with Crippen LogP contribution in [0, 0.1) is 18.8 Å². The first-order valence-corrected chi connectivity index (χ1v) is 12.9. The van der Waals surface area contributed by atoms with E-state index >= 15 is 0 Å². The molecule has 2 unspecified atom stereocenters. The number of carbonyl (C=O) groups is 2. The number of rotatable bonds is 8. The van der Waals surface area contributed by atoms with Gasteiger partial charge in [-0.3, -0.25) is 8.98 Å². The molecule has 9 heteroatoms. The highest BCUT2D eigenvalue weighted by Crippen LogP contribution is 2.23. The molecule has 2 atom stereocenters. The molecule has 2 amide bonds. The summed E-state index contributed by atoms with van der Waals surface area (Å²) in [4.78, 5) is 27.3. The average molecular weight is 483 g/mol. The van der Waals surface area contributed by atoms with E-state index in [1.54, 1.807) is 37.8 Å². The summed E-state index contributed by atoms with van der Waals surface area (Å²) < 4.78 is 35.3. The molecular weight excluding hydrogens is 444 g/mol. The number of carbonyl (C=O) groups excluding carboxylic acids is 2. The van der Waals surface area contributed by atoms with E-state index in [1.165, 1.54) is 12.1 Å². The van der Waals surface area contributed by atoms with E-state index in [4.69, 9.17) is 8.92 Å². The molecule has 0 aliphatic carbocycles. The molecule has 1 aromatic carbocycles. The Labute approximate surface area is 198 Å². The van der Waals surface area contributed by atoms with Crippen LogP contribution >= 0.6 is 0 Å². The molecule has 1 saturated heterocycles. The van der Waals surface area contributed by atoms with E-state index in [2.05, 4.69) is 5.32 Å². The van der Waals surface area contributed by atoms with Crippen molar-refractivity contribution < 1.29 is 26.9 Å². The molecule has 8 nitrogen and oxygen atoms in total. The maximum absolute atomic E-state index is 13.2. The summed E-state index contributed by atoms with van der Waals surface area (Å²) >= 11 is 0. The van der Waals surface area contributed by atoms with E-state index < -0.39 is 27.9 Å². The SMILES string of the molecule is Cc1ccc(S(=O)(=O)OCCC2CCCN(C(=O)C(NC(=O)OC(C)(C)C)C(C)C)C2)cc1. The molecule has 0 aromatic heterocycles. The summed E-state index contributed by atoms with van der Waals surface area (Å²) in [6.07, 6.45) is 1.63. The van der Waals surface area contributed by atoms with E-state index in [0.717, 1.165) is 18.4 Å². The van der Waals surface area contributed by atoms with Crippen LogP contribution in [0.25, 0.3) is 0 Å². The van der Waals surface area contributed by atoms with Crippen molar-refractivity contribution in [2.75, 3.05) is 19.7 Å². The number of amides is 2. The number of benzene rings is 1. The van der Waals surface area contributed by atoms with Gasteiger partial charge in [0.2, 0.25) is 5.91 Å². The van der Waals surface area contributed by atoms with E-state index in [9.17, 15) is 18.0 Å². The first-order chi connectivity index (χ1) is 15.3. The highest BCUT2D eigenvalue weighted by Gasteiger charge is 2.33. The van der Waals surface area contributed by atoms with Crippen molar-refractivity contribution in [3.05, 3.63) is 29.8 Å². The number of ether oxygens (including phenoxy) is 1. The van der Waals surface area contributed by atoms with Crippen molar-refractivity contribution in [3.8, 4) is 0 Å². The van der Waals surface area contributed by atoms with Crippen LogP contribution in [0.2, 0.25) is 0 Å². The maximum Gasteiger partial charge on any atom is 0.408 e. The van der Waals surface area contributed by atoms with Gasteiger partial charge in [-0.25, -0.2) is 4.79 Å². The molecule has 1 aliphatic rings. The number of alkyl carbamates (subject to hydrolysis) is 1. The summed E-state index contributed by atoms with van der Waals surface area (Å²) in [5.74, 6) is -0.118. The summed E-state index contributed by atoms with van der Waals surface area (Å²) in [5, 5.41) is 2.71. The topological polar surface area (TPSA) is 102 Å². The highest BCUT2D eigenvalue weighted by atomic mass is 32.2. The Kier molecular flexibility index (Phi) is 9.31. The fourth-order valence-electron chi connectivity index (χ4n) is 3.74. The van der Waals surface area contributed by atoms with Crippen molar-refractivity contribution in [1.82, 2.24) is 10.2 Å². The minimum absolute atomic E-state index is 0.0622. The normalized spacial score (nSPS) is 18.2. The van der Waals surface area contributed by atoms with Gasteiger partial charge in [0.05, 0.1) is 11.5 Å². The molecule has 1 aliphatic heterocycles. The van der Waals surface area contributed by atoms with Crippen LogP contribution < -0.4 is 5.32 Å². The summed E-state index contributed by atoms with van der Waals surface area (Å²) in [6, 6.07) is 5.86. The zero-order valence-electron chi connectivity index (χ0n) is 20.6. The van der Waals surface area contributed by atoms with Crippen LogP contribution in [0.3, 0.4) is 0 Å². The molecule has 2 rings (SSSR count). The molecular formula is C24H38N2O6S. The third-order valence-corrected chi connectivity index (χ3v) is 6.84. The third-order valence-electron chi connectivity index (χ3n) is 5.51. The Morgan fingerprint density at radius 3 is 2.39 bits per heavy atom. The fourth-order valence-corrected chi connectivity index (χ4v) is 4.66. The lowest BCUT2D eigenvalue weighted by Gasteiger charge is -2.36. The second kappa shape index (κ2) is 11.3. The maximum atomic E-state index is 13.2. The van der Waals surface area contributed by atoms with Gasteiger partial charge in [0.1, 0.15) is 11.6 Å². The Balaban J connectivity index is 1.91. The minimum atomic E-state index is -3.80. The number of hydrogen-bond donors (Lipinski definition) is 1. The van der Waals surface area contributed by atoms with Crippen LogP contribution in [-0.2, 0) is 23.8 Å². The molecule has 0 radical (unpaired) electrons. The lowest BCUT2D eigenvalue weighted by atomic mass is 9.93. The predicted molar refractivity (Wildman–Crippen MR) is 126 cm³/mol. The van der Waals surface area contributed by atoms with Gasteiger partial charge in [-0.15, -0.1) is 0 Å². The number of hydrogen-bond acceptors (Lipinski definition) is 6. The lowest BCUT2D eigenvalue weighted by molar-refractivity contribution is -0.136. The lowest BCUT2D eigenvalue weighted by Crippen LogP contribution is -2.54. The highest BCUT2D eigenvalue weighted by molar-refractivity contribution is 7.86. The van der Waals surface area contributed by atoms with Crippen LogP contribution in [-0.4, -0.2) is 56.7 Å². The van der Waals surface area contributed by atoms with Crippen molar-refractivity contribution in [2.24, 2.45) is 11.8 Å². The summed E-state index contributed by atoms with van der Waals surface area (Å²) in [7, 11) is -3.80. The molecule has 1 aromatic rings. The van der Waals surface area contributed by atoms with Gasteiger partial charge in [-0.05, 0) is 70.9 Å². The minimum Gasteiger partial charge on any atom is -0.444 e. The van der Waals surface area contributed by atoms with Gasteiger partial charge in [0, 0.05) is 13.1 Å². The van der Waals surface area contributed by atoms with Gasteiger partial charge in [0.25, 0.3) is 10.1 Å². The summed E-state index contributed by atoms with van der Waals surface area (Å²) in [5.41, 5.74) is 0.325. The van der Waals surface area contributed by atoms with Gasteiger partial charge < -0.3 is 15.0 Å². The zero-order chi connectivity index (χ0) is 24.8. The van der Waals surface area contributed by atoms with Crippen LogP contribution in [0.1, 0.15) is 59.4 Å². The first kappa shape index (κ1) is 27.1. The van der Waals surface area contributed by atoms with E-state index in [0.29, 0.717) is 19.5 Å². The second-order valence-electron chi connectivity index (χ2n) is 10.0. The molecule has 33 heavy (non-hydrogen) atoms. The number of nitrogens with zero attached hydrogens (tertiary/aromatic N) is 1. The standard InChI is InChI=1S/C24H38N2O6S/c1-17(2)21(25-23(28)32-24(4,5)6)22(27)26-14-7-8-19(16-26)13-15-31-33(29,30)20-11-9-18(3)10-12-20/h9-12,17,19,21H,7-8,13-16H2,1-6H3,(H,25,28). The fraction of sp³-hybridized carbons (Fsp3) is 0.667. The van der Waals surface area contributed by atoms with E-state index in [1.807, 2.05) is 20.8 Å². The van der Waals surface area contributed by atoms with Crippen LogP contribution in [0.4, 0.5) is 4.79 Å². The number of nitrogens with one attached hydrogen (secondary N) is 1. The Hall–Kier alpha value is -2.13. The van der Waals surface area contributed by atoms with Crippen LogP contribution in [0.5, 0.6) is 0 Å². The molecule has 186 valence electrons. The smallest absolute Gasteiger partial charge is 0.408 e. The van der Waals surface area contributed by atoms with Crippen molar-refractivity contribution in [3.63, 3.8) is 0 Å². The number of aryl methyl sites for hydroxylation is 1. The van der Waals surface area contributed by atoms with Gasteiger partial charge in [-0.2, -0.15) is 8.42 Å². The Bertz CT molecular complexity index is 906. The average Bonchev–Trinajstić information content (AvgIpc) is 2.70. The Morgan fingerprint density at radius 2 is 1.82 bits per heavy atom. The third kappa shape index (κ3) is 8.62. The predicted octanol–water partition coefficient (Wildman–Crippen LogP) is 3.88. The van der Waals surface area contributed by atoms with Crippen molar-refractivity contribution in [2.45, 2.75) is 77.3 Å². The summed E-state index contributed by atoms with van der Waals surface area (Å²) in [6.45, 7) is 12.1. The van der Waals surface area contributed by atoms with Gasteiger partial charge in [0.15, 0.2) is 0 Å². The molecule has 0 bridgehead atoms.